The van der Waals surface area contributed by atoms with Crippen molar-refractivity contribution in [3.05, 3.63) is 34.3 Å². The highest BCUT2D eigenvalue weighted by Crippen LogP contribution is 2.22. The summed E-state index contributed by atoms with van der Waals surface area (Å²) in [6, 6.07) is 4.82. The number of hydrogen-bond acceptors (Lipinski definition) is 1. The van der Waals surface area contributed by atoms with Crippen LogP contribution in [0.4, 0.5) is 4.39 Å². The van der Waals surface area contributed by atoms with E-state index < -0.39 is 12.7 Å². The van der Waals surface area contributed by atoms with Gasteiger partial charge in [0.05, 0.1) is 6.04 Å². The van der Waals surface area contributed by atoms with E-state index in [0.717, 1.165) is 5.56 Å². The summed E-state index contributed by atoms with van der Waals surface area (Å²) in [6.45, 7) is 1.35. The topological polar surface area (TPSA) is 26.0 Å². The van der Waals surface area contributed by atoms with Crippen LogP contribution in [0.2, 0.25) is 5.02 Å². The summed E-state index contributed by atoms with van der Waals surface area (Å²) in [5.74, 6) is 0. The van der Waals surface area contributed by atoms with Crippen LogP contribution in [-0.4, -0.2) is 6.67 Å². The van der Waals surface area contributed by atoms with Crippen LogP contribution < -0.4 is 5.73 Å². The van der Waals surface area contributed by atoms with Gasteiger partial charge in [-0.05, 0) is 24.1 Å². The molecule has 0 aromatic heterocycles. The highest BCUT2D eigenvalue weighted by molar-refractivity contribution is 6.31. The van der Waals surface area contributed by atoms with E-state index in [-0.39, 0.29) is 0 Å². The number of benzene rings is 1. The number of hydrogen-bond donors (Lipinski definition) is 1. The molecule has 0 radical (unpaired) electrons. The summed E-state index contributed by atoms with van der Waals surface area (Å²) in [5, 5.41) is 0.542. The second-order valence-electron chi connectivity index (χ2n) is 2.79. The van der Waals surface area contributed by atoms with Crippen molar-refractivity contribution in [2.75, 3.05) is 6.67 Å². The third-order valence-electron chi connectivity index (χ3n) is 1.72. The molecule has 3 heteroatoms. The molecular formula is C9H11ClFN. The van der Waals surface area contributed by atoms with Gasteiger partial charge in [-0.2, -0.15) is 0 Å². The zero-order valence-electron chi connectivity index (χ0n) is 6.85. The summed E-state index contributed by atoms with van der Waals surface area (Å²) in [7, 11) is 0. The van der Waals surface area contributed by atoms with Crippen molar-refractivity contribution in [3.8, 4) is 0 Å². The summed E-state index contributed by atoms with van der Waals surface area (Å²) >= 11 is 5.86. The van der Waals surface area contributed by atoms with Crippen LogP contribution >= 0.6 is 11.6 Å². The van der Waals surface area contributed by atoms with E-state index >= 15 is 0 Å². The van der Waals surface area contributed by atoms with Gasteiger partial charge in [0.1, 0.15) is 6.67 Å². The van der Waals surface area contributed by atoms with E-state index in [1.165, 1.54) is 0 Å². The zero-order chi connectivity index (χ0) is 9.14. The van der Waals surface area contributed by atoms with Crippen molar-refractivity contribution in [2.45, 2.75) is 13.0 Å². The average Bonchev–Trinajstić information content (AvgIpc) is 2.03. The lowest BCUT2D eigenvalue weighted by molar-refractivity contribution is 0.437. The van der Waals surface area contributed by atoms with Crippen molar-refractivity contribution in [1.29, 1.82) is 0 Å². The molecule has 0 aliphatic rings. The van der Waals surface area contributed by atoms with Crippen molar-refractivity contribution < 1.29 is 4.39 Å². The Hall–Kier alpha value is -0.600. The average molecular weight is 188 g/mol. The van der Waals surface area contributed by atoms with Gasteiger partial charge in [0, 0.05) is 5.02 Å². The molecule has 66 valence electrons. The van der Waals surface area contributed by atoms with Crippen LogP contribution in [0, 0.1) is 6.92 Å². The first kappa shape index (κ1) is 9.49. The predicted octanol–water partition coefficient (Wildman–Crippen LogP) is 2.62. The van der Waals surface area contributed by atoms with Crippen molar-refractivity contribution >= 4 is 11.6 Å². The Morgan fingerprint density at radius 2 is 2.25 bits per heavy atom. The van der Waals surface area contributed by atoms with Gasteiger partial charge in [-0.1, -0.05) is 23.7 Å². The van der Waals surface area contributed by atoms with E-state index in [9.17, 15) is 4.39 Å². The van der Waals surface area contributed by atoms with Crippen molar-refractivity contribution in [1.82, 2.24) is 0 Å². The van der Waals surface area contributed by atoms with Crippen LogP contribution in [0.25, 0.3) is 0 Å². The predicted molar refractivity (Wildman–Crippen MR) is 49.1 cm³/mol. The number of alkyl halides is 1. The number of nitrogens with two attached hydrogens (primary N) is 1. The van der Waals surface area contributed by atoms with Crippen molar-refractivity contribution in [2.24, 2.45) is 5.73 Å². The Morgan fingerprint density at radius 3 is 2.75 bits per heavy atom. The molecule has 1 aromatic rings. The van der Waals surface area contributed by atoms with E-state index in [1.54, 1.807) is 12.1 Å². The number of halogens is 2. The lowest BCUT2D eigenvalue weighted by Crippen LogP contribution is -2.12. The lowest BCUT2D eigenvalue weighted by atomic mass is 10.1. The molecule has 12 heavy (non-hydrogen) atoms. The Morgan fingerprint density at radius 1 is 1.58 bits per heavy atom. The summed E-state index contributed by atoms with van der Waals surface area (Å²) in [5.41, 5.74) is 7.21. The highest BCUT2D eigenvalue weighted by Gasteiger charge is 2.08. The molecule has 2 N–H and O–H groups in total. The Balaban J connectivity index is 3.01. The molecule has 0 fully saturated rings. The third-order valence-corrected chi connectivity index (χ3v) is 2.05. The first-order valence-corrected chi connectivity index (χ1v) is 4.10. The molecule has 1 atom stereocenters. The van der Waals surface area contributed by atoms with Gasteiger partial charge in [-0.15, -0.1) is 0 Å². The summed E-state index contributed by atoms with van der Waals surface area (Å²) < 4.78 is 12.2. The smallest absolute Gasteiger partial charge is 0.109 e. The fourth-order valence-corrected chi connectivity index (χ4v) is 1.39. The second-order valence-corrected chi connectivity index (χ2v) is 3.19. The Labute approximate surface area is 76.3 Å². The Kier molecular flexibility index (Phi) is 3.06. The van der Waals surface area contributed by atoms with Crippen LogP contribution in [0.15, 0.2) is 18.2 Å². The number of rotatable bonds is 2. The lowest BCUT2D eigenvalue weighted by Gasteiger charge is -2.09. The highest BCUT2D eigenvalue weighted by atomic mass is 35.5. The zero-order valence-corrected chi connectivity index (χ0v) is 7.61. The van der Waals surface area contributed by atoms with Crippen molar-refractivity contribution in [3.63, 3.8) is 0 Å². The van der Waals surface area contributed by atoms with Gasteiger partial charge in [0.2, 0.25) is 0 Å². The SMILES string of the molecule is Cc1ccc([C@H](N)CF)c(Cl)c1. The quantitative estimate of drug-likeness (QED) is 0.757. The molecule has 0 amide bonds. The van der Waals surface area contributed by atoms with E-state index in [1.807, 2.05) is 13.0 Å². The van der Waals surface area contributed by atoms with Gasteiger partial charge in [-0.25, -0.2) is 4.39 Å². The normalized spacial score (nSPS) is 13.0. The molecule has 0 unspecified atom stereocenters. The minimum atomic E-state index is -0.599. The fraction of sp³-hybridized carbons (Fsp3) is 0.333. The van der Waals surface area contributed by atoms with E-state index in [4.69, 9.17) is 17.3 Å². The molecule has 1 nitrogen and oxygen atoms in total. The molecule has 0 aliphatic carbocycles. The molecule has 0 aliphatic heterocycles. The molecule has 0 saturated carbocycles. The monoisotopic (exact) mass is 187 g/mol. The minimum Gasteiger partial charge on any atom is -0.322 e. The van der Waals surface area contributed by atoms with Crippen LogP contribution in [0.1, 0.15) is 17.2 Å². The maximum Gasteiger partial charge on any atom is 0.109 e. The number of aryl methyl sites for hydroxylation is 1. The fourth-order valence-electron chi connectivity index (χ4n) is 1.02. The first-order chi connectivity index (χ1) is 5.65. The van der Waals surface area contributed by atoms with Crippen LogP contribution in [0.3, 0.4) is 0 Å². The molecule has 0 bridgehead atoms. The maximum absolute atomic E-state index is 12.2. The molecular weight excluding hydrogens is 177 g/mol. The maximum atomic E-state index is 12.2. The van der Waals surface area contributed by atoms with Gasteiger partial charge < -0.3 is 5.73 Å². The molecule has 0 heterocycles. The first-order valence-electron chi connectivity index (χ1n) is 3.72. The van der Waals surface area contributed by atoms with Gasteiger partial charge in [0.25, 0.3) is 0 Å². The van der Waals surface area contributed by atoms with Gasteiger partial charge >= 0.3 is 0 Å². The molecule has 0 spiro atoms. The molecule has 0 saturated heterocycles. The third kappa shape index (κ3) is 1.96. The summed E-state index contributed by atoms with van der Waals surface area (Å²) in [4.78, 5) is 0. The standard InChI is InChI=1S/C9H11ClFN/c1-6-2-3-7(8(10)4-6)9(12)5-11/h2-4,9H,5,12H2,1H3/t9-/m1/s1. The minimum absolute atomic E-state index is 0.542. The largest absolute Gasteiger partial charge is 0.322 e. The summed E-state index contributed by atoms with van der Waals surface area (Å²) in [6.07, 6.45) is 0. The van der Waals surface area contributed by atoms with Crippen LogP contribution in [-0.2, 0) is 0 Å². The van der Waals surface area contributed by atoms with E-state index in [2.05, 4.69) is 0 Å². The molecule has 1 rings (SSSR count). The van der Waals surface area contributed by atoms with E-state index in [0.29, 0.717) is 10.6 Å². The molecule has 1 aromatic carbocycles. The van der Waals surface area contributed by atoms with Gasteiger partial charge in [-0.3, -0.25) is 0 Å². The van der Waals surface area contributed by atoms with Crippen LogP contribution in [0.5, 0.6) is 0 Å². The second kappa shape index (κ2) is 3.87. The Bertz CT molecular complexity index is 275. The van der Waals surface area contributed by atoms with Gasteiger partial charge in [0.15, 0.2) is 0 Å².